The number of carboxylic acids is 1. The van der Waals surface area contributed by atoms with E-state index < -0.39 is 65.8 Å². The molecule has 2 aromatic carbocycles. The summed E-state index contributed by atoms with van der Waals surface area (Å²) >= 11 is 0. The Balaban J connectivity index is 1.61. The maximum absolute atomic E-state index is 16.3. The van der Waals surface area contributed by atoms with Crippen LogP contribution in [0.2, 0.25) is 0 Å². The monoisotopic (exact) mass is 707 g/mol. The number of aryl methyl sites for hydroxylation is 1. The Kier molecular flexibility index (Phi) is 11.7. The third kappa shape index (κ3) is 8.90. The van der Waals surface area contributed by atoms with Crippen LogP contribution in [-0.4, -0.2) is 71.0 Å². The molecular weight excluding hydrogens is 664 g/mol. The number of carbonyl (C=O) groups excluding carboxylic acids is 1. The van der Waals surface area contributed by atoms with Gasteiger partial charge in [-0.3, -0.25) is 9.59 Å². The molecule has 3 N–H and O–H groups in total. The highest BCUT2D eigenvalue weighted by Crippen LogP contribution is 2.45. The second-order valence-corrected chi connectivity index (χ2v) is 13.8. The fourth-order valence-corrected chi connectivity index (χ4v) is 6.95. The number of hydrogen-bond acceptors (Lipinski definition) is 5. The van der Waals surface area contributed by atoms with Gasteiger partial charge < -0.3 is 25.3 Å². The van der Waals surface area contributed by atoms with Crippen molar-refractivity contribution in [3.8, 4) is 11.1 Å². The number of aliphatic hydroxyl groups excluding tert-OH is 1. The van der Waals surface area contributed by atoms with Gasteiger partial charge in [0.05, 0.1) is 18.0 Å². The van der Waals surface area contributed by atoms with Gasteiger partial charge in [-0.25, -0.2) is 13.2 Å². The SMILES string of the molecule is CN(C)CCC1=CN([C@H]2CCCCCCCc3cc(F)cc(F)c3-c3cc(C4CC4)c(F)c(c3)[C@H](CC(=O)O)NC2=O)C(O)C=C1C(F)(F)F. The molecule has 2 bridgehead atoms. The quantitative estimate of drug-likeness (QED) is 0.258. The summed E-state index contributed by atoms with van der Waals surface area (Å²) in [4.78, 5) is 29.2. The van der Waals surface area contributed by atoms with Gasteiger partial charge in [-0.2, -0.15) is 13.2 Å². The molecule has 13 heteroatoms. The second kappa shape index (κ2) is 15.6. The van der Waals surface area contributed by atoms with E-state index in [1.54, 1.807) is 19.0 Å². The lowest BCUT2D eigenvalue weighted by molar-refractivity contribution is -0.138. The van der Waals surface area contributed by atoms with Gasteiger partial charge in [0.1, 0.15) is 29.7 Å². The van der Waals surface area contributed by atoms with Crippen molar-refractivity contribution >= 4 is 11.9 Å². The number of alkyl halides is 3. The van der Waals surface area contributed by atoms with E-state index in [2.05, 4.69) is 5.32 Å². The number of allylic oxidation sites excluding steroid dienone is 1. The highest BCUT2D eigenvalue weighted by Gasteiger charge is 2.41. The third-order valence-electron chi connectivity index (χ3n) is 9.63. The van der Waals surface area contributed by atoms with E-state index in [1.165, 1.54) is 18.2 Å². The topological polar surface area (TPSA) is 93.1 Å². The lowest BCUT2D eigenvalue weighted by atomic mass is 9.89. The van der Waals surface area contributed by atoms with Crippen LogP contribution in [0.5, 0.6) is 0 Å². The fourth-order valence-electron chi connectivity index (χ4n) is 6.95. The number of rotatable bonds is 7. The first-order valence-corrected chi connectivity index (χ1v) is 17.1. The number of halogens is 6. The number of nitrogens with one attached hydrogen (secondary N) is 1. The van der Waals surface area contributed by atoms with E-state index in [-0.39, 0.29) is 53.1 Å². The molecule has 0 radical (unpaired) electrons. The fraction of sp³-hybridized carbons (Fsp3) is 0.514. The lowest BCUT2D eigenvalue weighted by Crippen LogP contribution is -2.50. The number of fused-ring (bicyclic) bond motifs is 4. The average Bonchev–Trinajstić information content (AvgIpc) is 3.86. The Morgan fingerprint density at radius 2 is 1.66 bits per heavy atom. The van der Waals surface area contributed by atoms with Gasteiger partial charge in [0.25, 0.3) is 0 Å². The van der Waals surface area contributed by atoms with Crippen molar-refractivity contribution in [2.24, 2.45) is 0 Å². The van der Waals surface area contributed by atoms with Gasteiger partial charge in [-0.05, 0) is 105 Å². The second-order valence-electron chi connectivity index (χ2n) is 13.8. The summed E-state index contributed by atoms with van der Waals surface area (Å²) in [6, 6.07) is 2.12. The van der Waals surface area contributed by atoms with Crippen LogP contribution in [0.15, 0.2) is 47.7 Å². The maximum Gasteiger partial charge on any atom is 0.416 e. The summed E-state index contributed by atoms with van der Waals surface area (Å²) in [6.07, 6.45) is -0.800. The number of aliphatic hydroxyl groups is 1. The van der Waals surface area contributed by atoms with E-state index in [9.17, 15) is 37.4 Å². The molecule has 272 valence electrons. The summed E-state index contributed by atoms with van der Waals surface area (Å²) in [6.45, 7) is 0.260. The summed E-state index contributed by atoms with van der Waals surface area (Å²) in [7, 11) is 3.41. The highest BCUT2D eigenvalue weighted by atomic mass is 19.4. The Morgan fingerprint density at radius 1 is 0.980 bits per heavy atom. The first-order valence-electron chi connectivity index (χ1n) is 17.1. The van der Waals surface area contributed by atoms with Crippen LogP contribution in [0.3, 0.4) is 0 Å². The van der Waals surface area contributed by atoms with Gasteiger partial charge in [0, 0.05) is 29.9 Å². The van der Waals surface area contributed by atoms with Crippen LogP contribution in [-0.2, 0) is 16.0 Å². The molecule has 1 unspecified atom stereocenters. The van der Waals surface area contributed by atoms with E-state index >= 15 is 8.78 Å². The molecule has 0 aromatic heterocycles. The van der Waals surface area contributed by atoms with Crippen LogP contribution in [0.1, 0.15) is 92.9 Å². The Hall–Kier alpha value is -3.84. The van der Waals surface area contributed by atoms with Gasteiger partial charge in [-0.1, -0.05) is 25.7 Å². The molecule has 1 saturated carbocycles. The predicted octanol–water partition coefficient (Wildman–Crippen LogP) is 7.50. The molecule has 2 aliphatic heterocycles. The van der Waals surface area contributed by atoms with Crippen molar-refractivity contribution in [1.29, 1.82) is 0 Å². The molecule has 0 spiro atoms. The Morgan fingerprint density at radius 3 is 2.32 bits per heavy atom. The standard InChI is InChI=1S/C37H43F6N3O4/c1-45(2)13-12-23-20-46(32(47)18-28(23)37(41,42)43)31-9-7-5-3-4-6-8-22-14-25(38)17-29(39)34(22)24-15-26(21-10-11-21)35(40)27(16-24)30(19-33(48)49)44-36(31)50/h14-18,20-21,30-32,47H,3-13,19H2,1-2H3,(H,44,50)(H,48,49)/t30-,31-,32?/m0/s1. The van der Waals surface area contributed by atoms with E-state index in [0.717, 1.165) is 17.2 Å². The van der Waals surface area contributed by atoms with Crippen molar-refractivity contribution in [2.75, 3.05) is 20.6 Å². The molecule has 50 heavy (non-hydrogen) atoms. The van der Waals surface area contributed by atoms with Crippen LogP contribution in [0.4, 0.5) is 26.3 Å². The minimum atomic E-state index is -4.76. The number of carboxylic acid groups (broad SMARTS) is 1. The number of nitrogens with zero attached hydrogens (tertiary/aromatic N) is 2. The zero-order valence-corrected chi connectivity index (χ0v) is 28.1. The maximum atomic E-state index is 16.3. The van der Waals surface area contributed by atoms with Crippen molar-refractivity contribution in [1.82, 2.24) is 15.1 Å². The summed E-state index contributed by atoms with van der Waals surface area (Å²) in [5.74, 6) is -4.72. The smallest absolute Gasteiger partial charge is 0.416 e. The highest BCUT2D eigenvalue weighted by molar-refractivity contribution is 5.83. The zero-order chi connectivity index (χ0) is 36.3. The molecule has 3 aliphatic rings. The molecule has 5 rings (SSSR count). The molecule has 1 aliphatic carbocycles. The van der Waals surface area contributed by atoms with Crippen molar-refractivity contribution in [3.05, 3.63) is 81.8 Å². The summed E-state index contributed by atoms with van der Waals surface area (Å²) in [5.41, 5.74) is -0.369. The minimum Gasteiger partial charge on any atom is -0.481 e. The molecule has 2 aromatic rings. The third-order valence-corrected chi connectivity index (χ3v) is 9.63. The lowest BCUT2D eigenvalue weighted by Gasteiger charge is -2.38. The van der Waals surface area contributed by atoms with Crippen LogP contribution in [0, 0.1) is 17.5 Å². The van der Waals surface area contributed by atoms with Crippen LogP contribution < -0.4 is 5.32 Å². The van der Waals surface area contributed by atoms with Crippen LogP contribution in [0.25, 0.3) is 11.1 Å². The number of amides is 1. The zero-order valence-electron chi connectivity index (χ0n) is 28.1. The first-order chi connectivity index (χ1) is 23.6. The minimum absolute atomic E-state index is 0.0264. The largest absolute Gasteiger partial charge is 0.481 e. The summed E-state index contributed by atoms with van der Waals surface area (Å²) < 4.78 is 88.5. The average molecular weight is 708 g/mol. The molecule has 1 amide bonds. The molecule has 7 nitrogen and oxygen atoms in total. The van der Waals surface area contributed by atoms with Gasteiger partial charge in [0.2, 0.25) is 5.91 Å². The van der Waals surface area contributed by atoms with Gasteiger partial charge in [0.15, 0.2) is 0 Å². The normalized spacial score (nSPS) is 22.5. The van der Waals surface area contributed by atoms with Crippen molar-refractivity contribution in [3.63, 3.8) is 0 Å². The van der Waals surface area contributed by atoms with E-state index in [4.69, 9.17) is 0 Å². The number of aliphatic carboxylic acids is 1. The van der Waals surface area contributed by atoms with Crippen LogP contribution >= 0.6 is 0 Å². The Labute approximate surface area is 287 Å². The number of hydrogen-bond donors (Lipinski definition) is 3. The van der Waals surface area contributed by atoms with E-state index in [1.807, 2.05) is 0 Å². The molecule has 3 atom stereocenters. The van der Waals surface area contributed by atoms with Gasteiger partial charge in [-0.15, -0.1) is 0 Å². The molecular formula is C37H43F6N3O4. The summed E-state index contributed by atoms with van der Waals surface area (Å²) in [5, 5.41) is 23.5. The first kappa shape index (κ1) is 37.4. The molecule has 2 heterocycles. The number of benzene rings is 2. The number of carbonyl (C=O) groups is 2. The van der Waals surface area contributed by atoms with Crippen molar-refractivity contribution < 1.29 is 46.1 Å². The molecule has 0 saturated heterocycles. The van der Waals surface area contributed by atoms with E-state index in [0.29, 0.717) is 63.0 Å². The molecule has 1 fully saturated rings. The van der Waals surface area contributed by atoms with Gasteiger partial charge >= 0.3 is 12.1 Å². The Bertz CT molecular complexity index is 1650. The van der Waals surface area contributed by atoms with Crippen molar-refractivity contribution in [2.45, 2.75) is 101 Å². The predicted molar refractivity (Wildman–Crippen MR) is 175 cm³/mol.